The van der Waals surface area contributed by atoms with Gasteiger partial charge in [-0.3, -0.25) is 0 Å². The predicted molar refractivity (Wildman–Crippen MR) is 70.1 cm³/mol. The van der Waals surface area contributed by atoms with E-state index in [9.17, 15) is 8.42 Å². The van der Waals surface area contributed by atoms with Crippen molar-refractivity contribution in [3.05, 3.63) is 29.8 Å². The van der Waals surface area contributed by atoms with Crippen molar-refractivity contribution in [2.45, 2.75) is 13.8 Å². The summed E-state index contributed by atoms with van der Waals surface area (Å²) in [5, 5.41) is 8.64. The molecule has 1 rings (SSSR count). The zero-order chi connectivity index (χ0) is 13.8. The fraction of sp³-hybridized carbons (Fsp3) is 0.417. The molecular formula is C12H14ClNO3S. The molecule has 0 amide bonds. The van der Waals surface area contributed by atoms with Crippen LogP contribution in [0.2, 0.25) is 0 Å². The molecule has 0 radical (unpaired) electrons. The van der Waals surface area contributed by atoms with Gasteiger partial charge in [-0.15, -0.1) is 0 Å². The van der Waals surface area contributed by atoms with Crippen LogP contribution < -0.4 is 4.74 Å². The van der Waals surface area contributed by atoms with E-state index in [1.54, 1.807) is 38.1 Å². The lowest BCUT2D eigenvalue weighted by Gasteiger charge is -2.22. The summed E-state index contributed by atoms with van der Waals surface area (Å²) in [4.78, 5) is 0. The fourth-order valence-corrected chi connectivity index (χ4v) is 3.32. The van der Waals surface area contributed by atoms with Crippen LogP contribution in [0.1, 0.15) is 19.4 Å². The maximum atomic E-state index is 11.0. The molecule has 0 heterocycles. The van der Waals surface area contributed by atoms with E-state index in [0.29, 0.717) is 11.3 Å². The van der Waals surface area contributed by atoms with E-state index in [1.165, 1.54) is 0 Å². The van der Waals surface area contributed by atoms with Gasteiger partial charge < -0.3 is 4.74 Å². The van der Waals surface area contributed by atoms with Crippen LogP contribution in [0.15, 0.2) is 24.3 Å². The van der Waals surface area contributed by atoms with Gasteiger partial charge in [0.1, 0.15) is 5.75 Å². The Balaban J connectivity index is 2.61. The molecule has 1 aromatic rings. The summed E-state index contributed by atoms with van der Waals surface area (Å²) in [6, 6.07) is 8.63. The summed E-state index contributed by atoms with van der Waals surface area (Å²) in [6.45, 7) is 3.75. The predicted octanol–water partition coefficient (Wildman–Crippen LogP) is 2.53. The summed E-state index contributed by atoms with van der Waals surface area (Å²) in [5.74, 6) is 0.437. The fourth-order valence-electron chi connectivity index (χ4n) is 1.41. The van der Waals surface area contributed by atoms with Crippen molar-refractivity contribution in [2.24, 2.45) is 5.41 Å². The maximum Gasteiger partial charge on any atom is 0.233 e. The van der Waals surface area contributed by atoms with E-state index < -0.39 is 14.5 Å². The molecule has 0 saturated heterocycles. The van der Waals surface area contributed by atoms with Crippen LogP contribution in [0.3, 0.4) is 0 Å². The van der Waals surface area contributed by atoms with E-state index in [4.69, 9.17) is 20.7 Å². The average Bonchev–Trinajstić information content (AvgIpc) is 2.24. The first kappa shape index (κ1) is 14.8. The minimum Gasteiger partial charge on any atom is -0.493 e. The van der Waals surface area contributed by atoms with E-state index in [2.05, 4.69) is 0 Å². The van der Waals surface area contributed by atoms with Crippen LogP contribution in [0, 0.1) is 16.7 Å². The largest absolute Gasteiger partial charge is 0.493 e. The monoisotopic (exact) mass is 287 g/mol. The molecule has 0 saturated carbocycles. The van der Waals surface area contributed by atoms with Gasteiger partial charge in [0.25, 0.3) is 0 Å². The topological polar surface area (TPSA) is 67.2 Å². The number of ether oxygens (including phenoxy) is 1. The smallest absolute Gasteiger partial charge is 0.233 e. The number of nitrogens with zero attached hydrogens (tertiary/aromatic N) is 1. The van der Waals surface area contributed by atoms with Crippen LogP contribution in [-0.2, 0) is 9.05 Å². The molecule has 0 aliphatic heterocycles. The Labute approximate surface area is 112 Å². The Bertz CT molecular complexity index is 544. The van der Waals surface area contributed by atoms with Crippen molar-refractivity contribution in [1.29, 1.82) is 5.26 Å². The maximum absolute atomic E-state index is 11.0. The van der Waals surface area contributed by atoms with Crippen molar-refractivity contribution in [3.63, 3.8) is 0 Å². The number of hydrogen-bond acceptors (Lipinski definition) is 4. The van der Waals surface area contributed by atoms with Gasteiger partial charge in [-0.1, -0.05) is 13.8 Å². The Morgan fingerprint density at radius 3 is 2.33 bits per heavy atom. The Morgan fingerprint density at radius 1 is 1.33 bits per heavy atom. The molecule has 6 heteroatoms. The van der Waals surface area contributed by atoms with Gasteiger partial charge in [-0.2, -0.15) is 5.26 Å². The zero-order valence-corrected chi connectivity index (χ0v) is 11.8. The Hall–Kier alpha value is -1.25. The first-order valence-corrected chi connectivity index (χ1v) is 7.75. The molecule has 0 unspecified atom stereocenters. The molecule has 0 fully saturated rings. The lowest BCUT2D eigenvalue weighted by Crippen LogP contribution is -2.28. The molecule has 98 valence electrons. The van der Waals surface area contributed by atoms with E-state index in [-0.39, 0.29) is 12.4 Å². The molecule has 0 atom stereocenters. The first-order valence-electron chi connectivity index (χ1n) is 5.27. The molecule has 0 N–H and O–H groups in total. The number of halogens is 1. The molecule has 18 heavy (non-hydrogen) atoms. The second-order valence-electron chi connectivity index (χ2n) is 4.77. The van der Waals surface area contributed by atoms with Crippen LogP contribution in [0.25, 0.3) is 0 Å². The lowest BCUT2D eigenvalue weighted by atomic mass is 9.98. The van der Waals surface area contributed by atoms with Gasteiger partial charge in [-0.05, 0) is 24.3 Å². The number of rotatable bonds is 5. The minimum atomic E-state index is -3.55. The second kappa shape index (κ2) is 5.59. The van der Waals surface area contributed by atoms with Crippen molar-refractivity contribution in [3.8, 4) is 11.8 Å². The summed E-state index contributed by atoms with van der Waals surface area (Å²) in [7, 11) is 1.67. The minimum absolute atomic E-state index is 0.155. The lowest BCUT2D eigenvalue weighted by molar-refractivity contribution is 0.200. The second-order valence-corrected chi connectivity index (χ2v) is 7.55. The highest BCUT2D eigenvalue weighted by Crippen LogP contribution is 2.22. The summed E-state index contributed by atoms with van der Waals surface area (Å²) >= 11 is 0. The van der Waals surface area contributed by atoms with E-state index >= 15 is 0 Å². The third kappa shape index (κ3) is 5.39. The van der Waals surface area contributed by atoms with Crippen molar-refractivity contribution >= 4 is 19.7 Å². The van der Waals surface area contributed by atoms with Gasteiger partial charge in [0.15, 0.2) is 0 Å². The molecule has 4 nitrogen and oxygen atoms in total. The third-order valence-electron chi connectivity index (χ3n) is 2.18. The van der Waals surface area contributed by atoms with Crippen LogP contribution in [0.5, 0.6) is 5.75 Å². The van der Waals surface area contributed by atoms with Gasteiger partial charge in [0.05, 0.1) is 24.0 Å². The molecule has 0 spiro atoms. The number of nitriles is 1. The van der Waals surface area contributed by atoms with Gasteiger partial charge in [0, 0.05) is 16.1 Å². The Morgan fingerprint density at radius 2 is 1.89 bits per heavy atom. The summed E-state index contributed by atoms with van der Waals surface area (Å²) in [6.07, 6.45) is 0. The Kier molecular flexibility index (Phi) is 4.60. The van der Waals surface area contributed by atoms with E-state index in [1.807, 2.05) is 6.07 Å². The van der Waals surface area contributed by atoms with Gasteiger partial charge >= 0.3 is 0 Å². The molecular weight excluding hydrogens is 274 g/mol. The van der Waals surface area contributed by atoms with Crippen molar-refractivity contribution < 1.29 is 13.2 Å². The standard InChI is InChI=1S/C12H14ClNO3S/c1-12(2,9-18(13,15)16)8-17-11-5-3-10(7-14)4-6-11/h3-6H,8-9H2,1-2H3. The summed E-state index contributed by atoms with van der Waals surface area (Å²) in [5.41, 5.74) is -0.0287. The van der Waals surface area contributed by atoms with E-state index in [0.717, 1.165) is 0 Å². The number of benzene rings is 1. The van der Waals surface area contributed by atoms with Gasteiger partial charge in [0.2, 0.25) is 9.05 Å². The molecule has 1 aromatic carbocycles. The van der Waals surface area contributed by atoms with Crippen molar-refractivity contribution in [1.82, 2.24) is 0 Å². The van der Waals surface area contributed by atoms with Crippen LogP contribution in [-0.4, -0.2) is 20.8 Å². The third-order valence-corrected chi connectivity index (χ3v) is 3.63. The average molecular weight is 288 g/mol. The highest BCUT2D eigenvalue weighted by Gasteiger charge is 2.25. The summed E-state index contributed by atoms with van der Waals surface area (Å²) < 4.78 is 27.5. The molecule has 0 aromatic heterocycles. The van der Waals surface area contributed by atoms with Crippen molar-refractivity contribution in [2.75, 3.05) is 12.4 Å². The quantitative estimate of drug-likeness (QED) is 0.781. The van der Waals surface area contributed by atoms with Gasteiger partial charge in [-0.25, -0.2) is 8.42 Å². The SMILES string of the molecule is CC(C)(COc1ccc(C#N)cc1)CS(=O)(=O)Cl. The molecule has 0 aliphatic rings. The molecule has 0 aliphatic carbocycles. The van der Waals surface area contributed by atoms with Crippen LogP contribution in [0.4, 0.5) is 0 Å². The number of hydrogen-bond donors (Lipinski definition) is 0. The first-order chi connectivity index (χ1) is 8.22. The molecule has 0 bridgehead atoms. The zero-order valence-electron chi connectivity index (χ0n) is 10.2. The highest BCUT2D eigenvalue weighted by atomic mass is 35.7. The normalized spacial score (nSPS) is 11.9. The highest BCUT2D eigenvalue weighted by molar-refractivity contribution is 8.13. The van der Waals surface area contributed by atoms with Crippen LogP contribution >= 0.6 is 10.7 Å².